The molecular formula is C14H5Cl2F3N2O3S. The predicted octanol–water partition coefficient (Wildman–Crippen LogP) is 4.42. The van der Waals surface area contributed by atoms with Gasteiger partial charge in [-0.2, -0.15) is 18.4 Å². The summed E-state index contributed by atoms with van der Waals surface area (Å²) in [5.41, 5.74) is -3.59. The Kier molecular flexibility index (Phi) is 5.37. The van der Waals surface area contributed by atoms with Gasteiger partial charge in [0.2, 0.25) is 0 Å². The number of carbonyl (C=O) groups is 1. The Hall–Kier alpha value is -2.15. The third-order valence-corrected chi connectivity index (χ3v) is 4.86. The molecule has 2 rings (SSSR count). The van der Waals surface area contributed by atoms with Gasteiger partial charge in [0.25, 0.3) is 5.56 Å². The summed E-state index contributed by atoms with van der Waals surface area (Å²) in [7, 11) is 0. The predicted molar refractivity (Wildman–Crippen MR) is 84.3 cm³/mol. The third-order valence-electron chi connectivity index (χ3n) is 2.86. The fourth-order valence-electron chi connectivity index (χ4n) is 1.80. The number of halogens is 5. The van der Waals surface area contributed by atoms with Crippen molar-refractivity contribution < 1.29 is 23.1 Å². The highest BCUT2D eigenvalue weighted by atomic mass is 35.5. The molecule has 5 nitrogen and oxygen atoms in total. The number of aromatic nitrogens is 1. The number of rotatable bonds is 3. The average molecular weight is 409 g/mol. The molecule has 0 spiro atoms. The van der Waals surface area contributed by atoms with Crippen LogP contribution in [0, 0.1) is 11.3 Å². The number of aromatic amines is 1. The molecule has 0 saturated heterocycles. The lowest BCUT2D eigenvalue weighted by Crippen LogP contribution is -2.23. The van der Waals surface area contributed by atoms with E-state index in [0.29, 0.717) is 17.8 Å². The highest BCUT2D eigenvalue weighted by Gasteiger charge is 2.34. The Labute approximate surface area is 152 Å². The topological polar surface area (TPSA) is 94.0 Å². The quantitative estimate of drug-likeness (QED) is 0.783. The van der Waals surface area contributed by atoms with E-state index < -0.39 is 33.9 Å². The van der Waals surface area contributed by atoms with Crippen molar-refractivity contribution in [2.45, 2.75) is 16.0 Å². The number of benzene rings is 1. The summed E-state index contributed by atoms with van der Waals surface area (Å²) < 4.78 is 38.6. The molecule has 130 valence electrons. The monoisotopic (exact) mass is 408 g/mol. The van der Waals surface area contributed by atoms with Gasteiger partial charge in [0.1, 0.15) is 11.3 Å². The van der Waals surface area contributed by atoms with Gasteiger partial charge >= 0.3 is 12.1 Å². The van der Waals surface area contributed by atoms with Crippen LogP contribution in [0.1, 0.15) is 21.6 Å². The second-order valence-electron chi connectivity index (χ2n) is 4.54. The summed E-state index contributed by atoms with van der Waals surface area (Å²) in [6.45, 7) is 0. The van der Waals surface area contributed by atoms with Crippen molar-refractivity contribution in [3.05, 3.63) is 55.4 Å². The zero-order valence-electron chi connectivity index (χ0n) is 11.7. The summed E-state index contributed by atoms with van der Waals surface area (Å²) in [5, 5.41) is 17.8. The maximum atomic E-state index is 12.9. The van der Waals surface area contributed by atoms with Gasteiger partial charge < -0.3 is 10.1 Å². The van der Waals surface area contributed by atoms with Crippen molar-refractivity contribution in [3.63, 3.8) is 0 Å². The highest BCUT2D eigenvalue weighted by Crippen LogP contribution is 2.41. The second kappa shape index (κ2) is 7.00. The minimum atomic E-state index is -4.89. The molecule has 2 N–H and O–H groups in total. The number of nitriles is 1. The Morgan fingerprint density at radius 1 is 1.24 bits per heavy atom. The summed E-state index contributed by atoms with van der Waals surface area (Å²) in [6.07, 6.45) is -4.89. The molecule has 1 aromatic heterocycles. The number of aromatic carboxylic acids is 1. The number of pyridine rings is 1. The Morgan fingerprint density at radius 2 is 1.80 bits per heavy atom. The molecule has 0 atom stereocenters. The lowest BCUT2D eigenvalue weighted by molar-refractivity contribution is -0.141. The van der Waals surface area contributed by atoms with Crippen LogP contribution < -0.4 is 5.56 Å². The molecule has 0 unspecified atom stereocenters. The summed E-state index contributed by atoms with van der Waals surface area (Å²) in [4.78, 5) is 24.0. The molecule has 0 bridgehead atoms. The maximum Gasteiger partial charge on any atom is 0.431 e. The van der Waals surface area contributed by atoms with Gasteiger partial charge in [0.05, 0.1) is 21.7 Å². The third kappa shape index (κ3) is 4.10. The van der Waals surface area contributed by atoms with Crippen molar-refractivity contribution in [1.82, 2.24) is 4.98 Å². The van der Waals surface area contributed by atoms with Crippen LogP contribution in [0.25, 0.3) is 0 Å². The normalized spacial score (nSPS) is 11.2. The van der Waals surface area contributed by atoms with E-state index in [1.807, 2.05) is 0 Å². The van der Waals surface area contributed by atoms with E-state index in [-0.39, 0.29) is 20.5 Å². The number of alkyl halides is 3. The second-order valence-corrected chi connectivity index (χ2v) is 6.40. The first-order valence-corrected chi connectivity index (χ1v) is 7.76. The van der Waals surface area contributed by atoms with Crippen LogP contribution in [0.15, 0.2) is 32.8 Å². The van der Waals surface area contributed by atoms with Crippen LogP contribution >= 0.6 is 35.0 Å². The number of H-pyrrole nitrogens is 1. The van der Waals surface area contributed by atoms with Gasteiger partial charge in [-0.15, -0.1) is 0 Å². The van der Waals surface area contributed by atoms with Crippen LogP contribution in [-0.4, -0.2) is 16.1 Å². The number of carboxylic acids is 1. The highest BCUT2D eigenvalue weighted by molar-refractivity contribution is 7.99. The van der Waals surface area contributed by atoms with E-state index in [1.54, 1.807) is 6.07 Å². The molecule has 0 aliphatic heterocycles. The van der Waals surface area contributed by atoms with E-state index in [1.165, 1.54) is 17.1 Å². The number of hydrogen-bond acceptors (Lipinski definition) is 4. The summed E-state index contributed by atoms with van der Waals surface area (Å²) in [6, 6.07) is 4.71. The number of nitrogens with one attached hydrogen (secondary N) is 1. The first-order valence-electron chi connectivity index (χ1n) is 6.19. The molecule has 0 fully saturated rings. The van der Waals surface area contributed by atoms with Crippen molar-refractivity contribution >= 4 is 40.9 Å². The van der Waals surface area contributed by atoms with E-state index in [9.17, 15) is 22.8 Å². The van der Waals surface area contributed by atoms with Crippen LogP contribution in [0.4, 0.5) is 13.2 Å². The van der Waals surface area contributed by atoms with Gasteiger partial charge in [0, 0.05) is 9.79 Å². The molecule has 0 saturated carbocycles. The summed E-state index contributed by atoms with van der Waals surface area (Å²) >= 11 is 12.4. The molecule has 1 heterocycles. The molecule has 11 heteroatoms. The molecular weight excluding hydrogens is 404 g/mol. The smallest absolute Gasteiger partial charge is 0.431 e. The Bertz CT molecular complexity index is 944. The average Bonchev–Trinajstić information content (AvgIpc) is 2.48. The van der Waals surface area contributed by atoms with Crippen LogP contribution in [-0.2, 0) is 6.18 Å². The van der Waals surface area contributed by atoms with Crippen LogP contribution in [0.2, 0.25) is 10.0 Å². The maximum absolute atomic E-state index is 12.9. The fraction of sp³-hybridized carbons (Fsp3) is 0.0714. The van der Waals surface area contributed by atoms with Crippen LogP contribution in [0.5, 0.6) is 0 Å². The van der Waals surface area contributed by atoms with Crippen molar-refractivity contribution in [3.8, 4) is 6.07 Å². The lowest BCUT2D eigenvalue weighted by Gasteiger charge is -2.12. The SMILES string of the molecule is N#Cc1cc(Cl)c(Sc2cc(C(F)(F)F)[nH]c(=O)c2C(=O)O)c(Cl)c1. The number of carboxylic acid groups (broad SMARTS) is 1. The molecule has 0 amide bonds. The van der Waals surface area contributed by atoms with Gasteiger partial charge in [0.15, 0.2) is 0 Å². The zero-order valence-corrected chi connectivity index (χ0v) is 14.1. The fourth-order valence-corrected chi connectivity index (χ4v) is 3.51. The summed E-state index contributed by atoms with van der Waals surface area (Å²) in [5.74, 6) is -1.71. The Morgan fingerprint density at radius 3 is 2.24 bits per heavy atom. The van der Waals surface area contributed by atoms with Gasteiger partial charge in [-0.05, 0) is 18.2 Å². The molecule has 2 aromatic rings. The minimum absolute atomic E-state index is 0.0172. The largest absolute Gasteiger partial charge is 0.477 e. The van der Waals surface area contributed by atoms with Gasteiger partial charge in [-0.1, -0.05) is 35.0 Å². The zero-order chi connectivity index (χ0) is 18.9. The Balaban J connectivity index is 2.67. The minimum Gasteiger partial charge on any atom is -0.477 e. The molecule has 1 aromatic carbocycles. The van der Waals surface area contributed by atoms with Crippen molar-refractivity contribution in [1.29, 1.82) is 5.26 Å². The van der Waals surface area contributed by atoms with E-state index in [4.69, 9.17) is 33.6 Å². The lowest BCUT2D eigenvalue weighted by atomic mass is 10.2. The molecule has 0 aliphatic carbocycles. The van der Waals surface area contributed by atoms with E-state index >= 15 is 0 Å². The molecule has 25 heavy (non-hydrogen) atoms. The van der Waals surface area contributed by atoms with E-state index in [2.05, 4.69) is 0 Å². The first kappa shape index (κ1) is 19.2. The van der Waals surface area contributed by atoms with Crippen molar-refractivity contribution in [2.24, 2.45) is 0 Å². The molecule has 0 aliphatic rings. The number of hydrogen-bond donors (Lipinski definition) is 2. The van der Waals surface area contributed by atoms with Gasteiger partial charge in [-0.25, -0.2) is 4.79 Å². The van der Waals surface area contributed by atoms with Gasteiger partial charge in [-0.3, -0.25) is 4.79 Å². The standard InChI is InChI=1S/C14H5Cl2F3N2O3S/c15-6-1-5(4-20)2-7(16)11(6)25-8-3-9(14(17,18)19)21-12(22)10(8)13(23)24/h1-3H,(H,21,22)(H,23,24). The first-order chi connectivity index (χ1) is 11.5. The molecule has 0 radical (unpaired) electrons. The number of nitrogens with zero attached hydrogens (tertiary/aromatic N) is 1. The van der Waals surface area contributed by atoms with Crippen molar-refractivity contribution in [2.75, 3.05) is 0 Å². The van der Waals surface area contributed by atoms with E-state index in [0.717, 1.165) is 0 Å². The van der Waals surface area contributed by atoms with Crippen LogP contribution in [0.3, 0.4) is 0 Å².